The second kappa shape index (κ2) is 8.44. The zero-order valence-corrected chi connectivity index (χ0v) is 16.1. The molecule has 1 unspecified atom stereocenters. The van der Waals surface area contributed by atoms with E-state index in [4.69, 9.17) is 16.1 Å². The number of benzene rings is 2. The van der Waals surface area contributed by atoms with Crippen molar-refractivity contribution in [3.05, 3.63) is 71.1 Å². The minimum Gasteiger partial charge on any atom is -0.338 e. The van der Waals surface area contributed by atoms with Gasteiger partial charge in [0.1, 0.15) is 6.04 Å². The molecule has 144 valence electrons. The van der Waals surface area contributed by atoms with Crippen molar-refractivity contribution in [2.75, 3.05) is 13.1 Å². The molecule has 1 aromatic heterocycles. The Balaban J connectivity index is 1.40. The summed E-state index contributed by atoms with van der Waals surface area (Å²) in [4.78, 5) is 18.9. The molecule has 4 rings (SSSR count). The van der Waals surface area contributed by atoms with Crippen LogP contribution in [0.3, 0.4) is 0 Å². The zero-order valence-electron chi connectivity index (χ0n) is 15.3. The number of halogens is 1. The molecule has 2 heterocycles. The summed E-state index contributed by atoms with van der Waals surface area (Å²) in [5.41, 5.74) is 1.99. The monoisotopic (exact) mass is 396 g/mol. The zero-order chi connectivity index (χ0) is 19.3. The van der Waals surface area contributed by atoms with Crippen LogP contribution in [0.25, 0.3) is 11.4 Å². The smallest absolute Gasteiger partial charge is 0.318 e. The number of nitrogens with zero attached hydrogens (tertiary/aromatic N) is 3. The molecule has 6 nitrogen and oxygen atoms in total. The Hall–Kier alpha value is -2.86. The summed E-state index contributed by atoms with van der Waals surface area (Å²) in [6.07, 6.45) is 2.51. The summed E-state index contributed by atoms with van der Waals surface area (Å²) in [7, 11) is 0. The molecule has 2 aromatic carbocycles. The van der Waals surface area contributed by atoms with Crippen molar-refractivity contribution in [3.63, 3.8) is 0 Å². The number of urea groups is 1. The third-order valence-corrected chi connectivity index (χ3v) is 5.09. The molecule has 0 saturated carbocycles. The molecule has 0 bridgehead atoms. The van der Waals surface area contributed by atoms with E-state index in [1.165, 1.54) is 5.56 Å². The second-order valence-electron chi connectivity index (χ2n) is 6.79. The summed E-state index contributed by atoms with van der Waals surface area (Å²) < 4.78 is 5.47. The van der Waals surface area contributed by atoms with Crippen LogP contribution in [0.4, 0.5) is 4.79 Å². The topological polar surface area (TPSA) is 71.3 Å². The van der Waals surface area contributed by atoms with Crippen LogP contribution in [0.1, 0.15) is 30.3 Å². The molecule has 1 fully saturated rings. The van der Waals surface area contributed by atoms with Crippen molar-refractivity contribution in [2.45, 2.75) is 25.3 Å². The van der Waals surface area contributed by atoms with Gasteiger partial charge in [-0.3, -0.25) is 0 Å². The van der Waals surface area contributed by atoms with Gasteiger partial charge in [-0.2, -0.15) is 4.98 Å². The van der Waals surface area contributed by atoms with Crippen LogP contribution in [0, 0.1) is 0 Å². The number of hydrogen-bond acceptors (Lipinski definition) is 4. The molecule has 0 radical (unpaired) electrons. The summed E-state index contributed by atoms with van der Waals surface area (Å²) in [5.74, 6) is 0.944. The van der Waals surface area contributed by atoms with Crippen LogP contribution >= 0.6 is 11.6 Å². The summed E-state index contributed by atoms with van der Waals surface area (Å²) >= 11 is 6.04. The van der Waals surface area contributed by atoms with E-state index in [1.54, 1.807) is 17.0 Å². The number of likely N-dealkylation sites (tertiary alicyclic amines) is 1. The van der Waals surface area contributed by atoms with Crippen molar-refractivity contribution in [1.29, 1.82) is 0 Å². The first-order valence-corrected chi connectivity index (χ1v) is 9.76. The van der Waals surface area contributed by atoms with Gasteiger partial charge in [-0.25, -0.2) is 4.79 Å². The maximum atomic E-state index is 12.6. The maximum absolute atomic E-state index is 12.6. The van der Waals surface area contributed by atoms with Gasteiger partial charge >= 0.3 is 6.03 Å². The van der Waals surface area contributed by atoms with E-state index < -0.39 is 0 Å². The Morgan fingerprint density at radius 1 is 1.21 bits per heavy atom. The largest absolute Gasteiger partial charge is 0.338 e. The lowest BCUT2D eigenvalue weighted by molar-refractivity contribution is 0.180. The quantitative estimate of drug-likeness (QED) is 0.690. The van der Waals surface area contributed by atoms with Crippen molar-refractivity contribution in [2.24, 2.45) is 0 Å². The van der Waals surface area contributed by atoms with Gasteiger partial charge < -0.3 is 14.7 Å². The van der Waals surface area contributed by atoms with Crippen LogP contribution in [0.2, 0.25) is 5.02 Å². The number of carbonyl (C=O) groups is 1. The summed E-state index contributed by atoms with van der Waals surface area (Å²) in [5, 5.41) is 7.68. The molecule has 1 saturated heterocycles. The fourth-order valence-electron chi connectivity index (χ4n) is 3.44. The van der Waals surface area contributed by atoms with Gasteiger partial charge in [0.05, 0.1) is 0 Å². The van der Waals surface area contributed by atoms with Gasteiger partial charge in [-0.15, -0.1) is 0 Å². The molecular weight excluding hydrogens is 376 g/mol. The SMILES string of the molecule is O=C(NCCc1ccccc1)N1CCCC1c1nc(-c2cccc(Cl)c2)no1. The Bertz CT molecular complexity index is 944. The first-order chi connectivity index (χ1) is 13.7. The fraction of sp³-hybridized carbons (Fsp3) is 0.286. The highest BCUT2D eigenvalue weighted by molar-refractivity contribution is 6.30. The number of nitrogens with one attached hydrogen (secondary N) is 1. The van der Waals surface area contributed by atoms with Crippen molar-refractivity contribution >= 4 is 17.6 Å². The molecule has 0 aliphatic carbocycles. The maximum Gasteiger partial charge on any atom is 0.318 e. The Morgan fingerprint density at radius 3 is 2.89 bits per heavy atom. The third-order valence-electron chi connectivity index (χ3n) is 4.86. The molecule has 0 spiro atoms. The normalized spacial score (nSPS) is 16.3. The molecular formula is C21H21ClN4O2. The Labute approximate surface area is 168 Å². The molecule has 7 heteroatoms. The summed E-state index contributed by atoms with van der Waals surface area (Å²) in [6, 6.07) is 17.1. The highest BCUT2D eigenvalue weighted by Crippen LogP contribution is 2.32. The Kier molecular flexibility index (Phi) is 5.58. The standard InChI is InChI=1S/C21H21ClN4O2/c22-17-9-4-8-16(14-17)19-24-20(28-25-19)18-10-5-13-26(18)21(27)23-12-11-15-6-2-1-3-7-15/h1-4,6-9,14,18H,5,10-13H2,(H,23,27). The highest BCUT2D eigenvalue weighted by atomic mass is 35.5. The number of aromatic nitrogens is 2. The average Bonchev–Trinajstić information content (AvgIpc) is 3.38. The van der Waals surface area contributed by atoms with Gasteiger partial charge in [-0.05, 0) is 37.0 Å². The molecule has 2 amide bonds. The van der Waals surface area contributed by atoms with Gasteiger partial charge in [0.2, 0.25) is 11.7 Å². The van der Waals surface area contributed by atoms with Crippen LogP contribution in [0.5, 0.6) is 0 Å². The predicted octanol–water partition coefficient (Wildman–Crippen LogP) is 4.48. The fourth-order valence-corrected chi connectivity index (χ4v) is 3.63. The van der Waals surface area contributed by atoms with Gasteiger partial charge in [0.15, 0.2) is 0 Å². The molecule has 1 aliphatic heterocycles. The first-order valence-electron chi connectivity index (χ1n) is 9.38. The van der Waals surface area contributed by atoms with E-state index in [1.807, 2.05) is 30.3 Å². The van der Waals surface area contributed by atoms with Crippen molar-refractivity contribution < 1.29 is 9.32 Å². The highest BCUT2D eigenvalue weighted by Gasteiger charge is 2.34. The average molecular weight is 397 g/mol. The van der Waals surface area contributed by atoms with Crippen molar-refractivity contribution in [1.82, 2.24) is 20.4 Å². The van der Waals surface area contributed by atoms with E-state index in [0.717, 1.165) is 24.8 Å². The van der Waals surface area contributed by atoms with Crippen molar-refractivity contribution in [3.8, 4) is 11.4 Å². The summed E-state index contributed by atoms with van der Waals surface area (Å²) in [6.45, 7) is 1.26. The van der Waals surface area contributed by atoms with Crippen LogP contribution in [-0.2, 0) is 6.42 Å². The van der Waals surface area contributed by atoms with E-state index in [-0.39, 0.29) is 12.1 Å². The number of amides is 2. The molecule has 28 heavy (non-hydrogen) atoms. The first kappa shape index (κ1) is 18.5. The van der Waals surface area contributed by atoms with Crippen LogP contribution in [-0.4, -0.2) is 34.2 Å². The molecule has 1 N–H and O–H groups in total. The predicted molar refractivity (Wildman–Crippen MR) is 107 cm³/mol. The van der Waals surface area contributed by atoms with Gasteiger partial charge in [-0.1, -0.05) is 59.2 Å². The minimum absolute atomic E-state index is 0.0964. The van der Waals surface area contributed by atoms with E-state index >= 15 is 0 Å². The molecule has 1 atom stereocenters. The van der Waals surface area contributed by atoms with Gasteiger partial charge in [0.25, 0.3) is 0 Å². The van der Waals surface area contributed by atoms with Crippen LogP contribution < -0.4 is 5.32 Å². The second-order valence-corrected chi connectivity index (χ2v) is 7.22. The minimum atomic E-state index is -0.197. The number of carbonyl (C=O) groups excluding carboxylic acids is 1. The van der Waals surface area contributed by atoms with Crippen LogP contribution in [0.15, 0.2) is 59.1 Å². The Morgan fingerprint density at radius 2 is 2.07 bits per heavy atom. The van der Waals surface area contributed by atoms with Gasteiger partial charge in [0, 0.05) is 23.7 Å². The number of rotatable bonds is 5. The molecule has 1 aliphatic rings. The lowest BCUT2D eigenvalue weighted by Crippen LogP contribution is -2.40. The van der Waals surface area contributed by atoms with E-state index in [2.05, 4.69) is 27.6 Å². The molecule has 3 aromatic rings. The van der Waals surface area contributed by atoms with E-state index in [0.29, 0.717) is 29.8 Å². The number of hydrogen-bond donors (Lipinski definition) is 1. The lowest BCUT2D eigenvalue weighted by atomic mass is 10.1. The van der Waals surface area contributed by atoms with E-state index in [9.17, 15) is 4.79 Å². The third kappa shape index (κ3) is 4.17. The lowest BCUT2D eigenvalue weighted by Gasteiger charge is -2.22.